The number of benzene rings is 1. The molecule has 2 saturated heterocycles. The largest absolute Gasteiger partial charge is 0.351 e. The lowest BCUT2D eigenvalue weighted by Crippen LogP contribution is -2.59. The first-order valence-corrected chi connectivity index (χ1v) is 9.96. The highest BCUT2D eigenvalue weighted by Crippen LogP contribution is 2.45. The molecule has 7 heteroatoms. The van der Waals surface area contributed by atoms with Crippen molar-refractivity contribution in [2.75, 3.05) is 26.2 Å². The van der Waals surface area contributed by atoms with Gasteiger partial charge in [0.2, 0.25) is 0 Å². The molecule has 1 atom stereocenters. The normalized spacial score (nSPS) is 24.0. The van der Waals surface area contributed by atoms with Crippen molar-refractivity contribution in [1.29, 1.82) is 0 Å². The van der Waals surface area contributed by atoms with Crippen LogP contribution in [0.15, 0.2) is 29.2 Å². The Hall–Kier alpha value is -1.60. The maximum Gasteiger partial charge on any atom is 0.314 e. The summed E-state index contributed by atoms with van der Waals surface area (Å²) in [4.78, 5) is 13.5. The summed E-state index contributed by atoms with van der Waals surface area (Å²) in [5.41, 5.74) is 5.91. The summed E-state index contributed by atoms with van der Waals surface area (Å²) in [5.74, 6) is 0. The van der Waals surface area contributed by atoms with Crippen LogP contribution in [0.25, 0.3) is 0 Å². The van der Waals surface area contributed by atoms with E-state index < -0.39 is 21.1 Å². The maximum absolute atomic E-state index is 13.5. The molecule has 1 aromatic rings. The molecule has 3 rings (SSSR count). The van der Waals surface area contributed by atoms with E-state index in [0.717, 1.165) is 31.5 Å². The van der Waals surface area contributed by atoms with Gasteiger partial charge in [0.15, 0.2) is 9.84 Å². The molecule has 1 unspecified atom stereocenters. The topological polar surface area (TPSA) is 92.5 Å². The molecule has 1 spiro atoms. The van der Waals surface area contributed by atoms with Crippen molar-refractivity contribution < 1.29 is 13.2 Å². The number of piperidine rings is 2. The Morgan fingerprint density at radius 3 is 2.54 bits per heavy atom. The van der Waals surface area contributed by atoms with Gasteiger partial charge in [0, 0.05) is 13.1 Å². The first kappa shape index (κ1) is 17.2. The third-order valence-corrected chi connectivity index (χ3v) is 8.10. The quantitative estimate of drug-likeness (QED) is 0.840. The van der Waals surface area contributed by atoms with Gasteiger partial charge in [-0.05, 0) is 56.3 Å². The number of likely N-dealkylation sites (tertiary alicyclic amines) is 1. The predicted molar refractivity (Wildman–Crippen MR) is 92.5 cm³/mol. The molecule has 2 amide bonds. The van der Waals surface area contributed by atoms with Gasteiger partial charge >= 0.3 is 6.03 Å². The van der Waals surface area contributed by atoms with Gasteiger partial charge in [0.25, 0.3) is 0 Å². The lowest BCUT2D eigenvalue weighted by Gasteiger charge is -2.49. The zero-order chi connectivity index (χ0) is 17.4. The second kappa shape index (κ2) is 6.37. The summed E-state index contributed by atoms with van der Waals surface area (Å²) < 4.78 is 26.9. The van der Waals surface area contributed by atoms with Gasteiger partial charge in [-0.15, -0.1) is 0 Å². The number of nitrogens with two attached hydrogens (primary N) is 1. The molecule has 3 N–H and O–H groups in total. The fourth-order valence-electron chi connectivity index (χ4n) is 4.16. The Balaban J connectivity index is 2.04. The number of aryl methyl sites for hydroxylation is 1. The van der Waals surface area contributed by atoms with E-state index in [-0.39, 0.29) is 12.0 Å². The number of primary amides is 1. The number of nitrogens with one attached hydrogen (secondary N) is 1. The van der Waals surface area contributed by atoms with E-state index in [0.29, 0.717) is 17.9 Å². The van der Waals surface area contributed by atoms with Gasteiger partial charge in [0.05, 0.1) is 10.1 Å². The Morgan fingerprint density at radius 2 is 1.92 bits per heavy atom. The summed E-state index contributed by atoms with van der Waals surface area (Å²) in [6.07, 6.45) is 2.32. The molecule has 132 valence electrons. The Labute approximate surface area is 143 Å². The predicted octanol–water partition coefficient (Wildman–Crippen LogP) is 1.29. The van der Waals surface area contributed by atoms with E-state index in [1.165, 1.54) is 4.90 Å². The molecular formula is C17H25N3O3S. The van der Waals surface area contributed by atoms with Crippen molar-refractivity contribution >= 4 is 15.9 Å². The van der Waals surface area contributed by atoms with Gasteiger partial charge in [-0.2, -0.15) is 0 Å². The van der Waals surface area contributed by atoms with Crippen molar-refractivity contribution in [1.82, 2.24) is 10.2 Å². The summed E-state index contributed by atoms with van der Waals surface area (Å²) in [5, 5.41) is 2.71. The molecular weight excluding hydrogens is 326 g/mol. The van der Waals surface area contributed by atoms with Crippen molar-refractivity contribution in [2.24, 2.45) is 11.1 Å². The standard InChI is InChI=1S/C17H25N3O3S/c1-13-4-2-3-5-14(13)24(22,23)15-12-20(16(18)21)11-8-17(15)6-9-19-10-7-17/h2-5,15,19H,6-12H2,1H3,(H2,18,21). The smallest absolute Gasteiger partial charge is 0.314 e. The van der Waals surface area contributed by atoms with Crippen LogP contribution in [-0.4, -0.2) is 50.8 Å². The summed E-state index contributed by atoms with van der Waals surface area (Å²) in [6.45, 7) is 4.17. The number of amides is 2. The number of carbonyl (C=O) groups excluding carboxylic acids is 1. The number of carbonyl (C=O) groups is 1. The molecule has 2 fully saturated rings. The molecule has 0 radical (unpaired) electrons. The summed E-state index contributed by atoms with van der Waals surface area (Å²) in [7, 11) is -3.54. The van der Waals surface area contributed by atoms with E-state index in [4.69, 9.17) is 5.73 Å². The van der Waals surface area contributed by atoms with E-state index in [2.05, 4.69) is 5.32 Å². The van der Waals surface area contributed by atoms with Crippen LogP contribution in [0.4, 0.5) is 4.79 Å². The number of urea groups is 1. The Kier molecular flexibility index (Phi) is 4.57. The van der Waals surface area contributed by atoms with Crippen LogP contribution in [0.3, 0.4) is 0 Å². The zero-order valence-corrected chi connectivity index (χ0v) is 14.8. The van der Waals surface area contributed by atoms with Crippen LogP contribution in [0, 0.1) is 12.3 Å². The highest BCUT2D eigenvalue weighted by atomic mass is 32.2. The second-order valence-electron chi connectivity index (χ2n) is 6.95. The van der Waals surface area contributed by atoms with Crippen molar-refractivity contribution in [3.63, 3.8) is 0 Å². The fraction of sp³-hybridized carbons (Fsp3) is 0.588. The van der Waals surface area contributed by atoms with Gasteiger partial charge < -0.3 is 16.0 Å². The first-order valence-electron chi connectivity index (χ1n) is 8.41. The molecule has 6 nitrogen and oxygen atoms in total. The van der Waals surface area contributed by atoms with E-state index in [1.807, 2.05) is 19.1 Å². The van der Waals surface area contributed by atoms with Gasteiger partial charge in [-0.25, -0.2) is 13.2 Å². The molecule has 2 heterocycles. The van der Waals surface area contributed by atoms with Crippen LogP contribution in [-0.2, 0) is 9.84 Å². The average Bonchev–Trinajstić information content (AvgIpc) is 2.56. The molecule has 0 bridgehead atoms. The highest BCUT2D eigenvalue weighted by Gasteiger charge is 2.50. The molecule has 24 heavy (non-hydrogen) atoms. The third-order valence-electron chi connectivity index (χ3n) is 5.63. The van der Waals surface area contributed by atoms with Crippen LogP contribution in [0.1, 0.15) is 24.8 Å². The number of rotatable bonds is 2. The highest BCUT2D eigenvalue weighted by molar-refractivity contribution is 7.92. The molecule has 2 aliphatic heterocycles. The number of hydrogen-bond donors (Lipinski definition) is 2. The minimum Gasteiger partial charge on any atom is -0.351 e. The molecule has 2 aliphatic rings. The molecule has 1 aromatic carbocycles. The lowest BCUT2D eigenvalue weighted by molar-refractivity contribution is 0.0941. The minimum atomic E-state index is -3.54. The van der Waals surface area contributed by atoms with E-state index in [1.54, 1.807) is 12.1 Å². The van der Waals surface area contributed by atoms with E-state index >= 15 is 0 Å². The average molecular weight is 351 g/mol. The molecule has 0 aliphatic carbocycles. The Bertz CT molecular complexity index is 726. The van der Waals surface area contributed by atoms with Gasteiger partial charge in [-0.1, -0.05) is 18.2 Å². The monoisotopic (exact) mass is 351 g/mol. The first-order chi connectivity index (χ1) is 11.4. The summed E-state index contributed by atoms with van der Waals surface area (Å²) in [6, 6.07) is 6.54. The second-order valence-corrected chi connectivity index (χ2v) is 9.04. The van der Waals surface area contributed by atoms with Gasteiger partial charge in [0.1, 0.15) is 0 Å². The van der Waals surface area contributed by atoms with Crippen molar-refractivity contribution in [2.45, 2.75) is 36.3 Å². The summed E-state index contributed by atoms with van der Waals surface area (Å²) >= 11 is 0. The molecule has 0 saturated carbocycles. The molecule has 0 aromatic heterocycles. The Morgan fingerprint density at radius 1 is 1.25 bits per heavy atom. The third kappa shape index (κ3) is 2.91. The van der Waals surface area contributed by atoms with Crippen LogP contribution in [0.2, 0.25) is 0 Å². The zero-order valence-electron chi connectivity index (χ0n) is 14.0. The van der Waals surface area contributed by atoms with Crippen molar-refractivity contribution in [3.05, 3.63) is 29.8 Å². The van der Waals surface area contributed by atoms with E-state index in [9.17, 15) is 13.2 Å². The van der Waals surface area contributed by atoms with Crippen LogP contribution < -0.4 is 11.1 Å². The van der Waals surface area contributed by atoms with Crippen LogP contribution in [0.5, 0.6) is 0 Å². The fourth-order valence-corrected chi connectivity index (χ4v) is 6.64. The van der Waals surface area contributed by atoms with Crippen molar-refractivity contribution in [3.8, 4) is 0 Å². The SMILES string of the molecule is Cc1ccccc1S(=O)(=O)C1CN(C(N)=O)CCC12CCNCC2. The van der Waals surface area contributed by atoms with Gasteiger partial charge in [-0.3, -0.25) is 0 Å². The lowest BCUT2D eigenvalue weighted by atomic mass is 9.71. The number of hydrogen-bond acceptors (Lipinski definition) is 4. The number of sulfone groups is 1. The number of nitrogens with zero attached hydrogens (tertiary/aromatic N) is 1. The maximum atomic E-state index is 13.5. The minimum absolute atomic E-state index is 0.187. The van der Waals surface area contributed by atoms with Crippen LogP contribution >= 0.6 is 0 Å².